The van der Waals surface area contributed by atoms with Gasteiger partial charge in [0.05, 0.1) is 0 Å². The first-order valence-electron chi connectivity index (χ1n) is 4.83. The van der Waals surface area contributed by atoms with Crippen molar-refractivity contribution < 1.29 is 15.0 Å². The minimum absolute atomic E-state index is 0.189. The summed E-state index contributed by atoms with van der Waals surface area (Å²) in [5.41, 5.74) is -1.64. The minimum Gasteiger partial charge on any atom is -0.479 e. The second kappa shape index (κ2) is 4.25. The third kappa shape index (κ3) is 2.94. The quantitative estimate of drug-likeness (QED) is 0.554. The maximum absolute atomic E-state index is 10.7. The SMILES string of the molecule is C[C@H]1CN(CC(C)(O)C(=O)O)CCN1. The van der Waals surface area contributed by atoms with Gasteiger partial charge in [0.2, 0.25) is 0 Å². The lowest BCUT2D eigenvalue weighted by molar-refractivity contribution is -0.158. The van der Waals surface area contributed by atoms with Gasteiger partial charge in [0.25, 0.3) is 0 Å². The molecule has 0 aromatic rings. The maximum Gasteiger partial charge on any atom is 0.336 e. The summed E-state index contributed by atoms with van der Waals surface area (Å²) in [6.45, 7) is 5.98. The molecule has 0 spiro atoms. The van der Waals surface area contributed by atoms with Crippen LogP contribution in [0.25, 0.3) is 0 Å². The van der Waals surface area contributed by atoms with E-state index in [-0.39, 0.29) is 6.54 Å². The van der Waals surface area contributed by atoms with Crippen LogP contribution in [0.3, 0.4) is 0 Å². The van der Waals surface area contributed by atoms with Crippen molar-refractivity contribution in [2.75, 3.05) is 26.2 Å². The largest absolute Gasteiger partial charge is 0.479 e. The van der Waals surface area contributed by atoms with Crippen molar-refractivity contribution in [3.05, 3.63) is 0 Å². The summed E-state index contributed by atoms with van der Waals surface area (Å²) in [5.74, 6) is -1.16. The normalized spacial score (nSPS) is 28.4. The van der Waals surface area contributed by atoms with Crippen molar-refractivity contribution in [3.8, 4) is 0 Å². The molecule has 14 heavy (non-hydrogen) atoms. The molecule has 0 saturated carbocycles. The van der Waals surface area contributed by atoms with E-state index in [2.05, 4.69) is 5.32 Å². The molecule has 5 nitrogen and oxygen atoms in total. The highest BCUT2D eigenvalue weighted by Gasteiger charge is 2.33. The van der Waals surface area contributed by atoms with Crippen molar-refractivity contribution in [2.24, 2.45) is 0 Å². The lowest BCUT2D eigenvalue weighted by Crippen LogP contribution is -2.55. The molecular weight excluding hydrogens is 184 g/mol. The van der Waals surface area contributed by atoms with Crippen LogP contribution in [-0.2, 0) is 4.79 Å². The molecule has 0 radical (unpaired) electrons. The first kappa shape index (κ1) is 11.4. The van der Waals surface area contributed by atoms with Gasteiger partial charge in [-0.3, -0.25) is 4.90 Å². The smallest absolute Gasteiger partial charge is 0.336 e. The van der Waals surface area contributed by atoms with Crippen LogP contribution >= 0.6 is 0 Å². The molecule has 1 heterocycles. The standard InChI is InChI=1S/C9H18N2O3/c1-7-5-11(4-3-10-7)6-9(2,14)8(12)13/h7,10,14H,3-6H2,1-2H3,(H,12,13)/t7-,9?/m0/s1. The van der Waals surface area contributed by atoms with Crippen LogP contribution in [0.2, 0.25) is 0 Å². The van der Waals surface area contributed by atoms with E-state index in [0.29, 0.717) is 6.04 Å². The Labute approximate surface area is 83.7 Å². The Morgan fingerprint density at radius 1 is 1.71 bits per heavy atom. The Morgan fingerprint density at radius 2 is 2.36 bits per heavy atom. The molecule has 1 aliphatic heterocycles. The zero-order valence-electron chi connectivity index (χ0n) is 8.66. The number of carbonyl (C=O) groups is 1. The molecule has 1 rings (SSSR count). The van der Waals surface area contributed by atoms with E-state index in [1.165, 1.54) is 6.92 Å². The van der Waals surface area contributed by atoms with E-state index in [0.717, 1.165) is 19.6 Å². The van der Waals surface area contributed by atoms with Gasteiger partial charge < -0.3 is 15.5 Å². The minimum atomic E-state index is -1.64. The summed E-state index contributed by atoms with van der Waals surface area (Å²) in [4.78, 5) is 12.7. The summed E-state index contributed by atoms with van der Waals surface area (Å²) in [7, 11) is 0. The van der Waals surface area contributed by atoms with Crippen molar-refractivity contribution >= 4 is 5.97 Å². The number of nitrogens with one attached hydrogen (secondary N) is 1. The van der Waals surface area contributed by atoms with Gasteiger partial charge in [-0.25, -0.2) is 4.79 Å². The molecule has 1 unspecified atom stereocenters. The zero-order chi connectivity index (χ0) is 10.8. The highest BCUT2D eigenvalue weighted by molar-refractivity contribution is 5.76. The van der Waals surface area contributed by atoms with Gasteiger partial charge >= 0.3 is 5.97 Å². The monoisotopic (exact) mass is 202 g/mol. The Balaban J connectivity index is 2.47. The molecule has 3 N–H and O–H groups in total. The molecule has 0 aromatic carbocycles. The van der Waals surface area contributed by atoms with E-state index in [9.17, 15) is 9.90 Å². The van der Waals surface area contributed by atoms with Crippen LogP contribution in [0.1, 0.15) is 13.8 Å². The predicted molar refractivity (Wildman–Crippen MR) is 52.2 cm³/mol. The van der Waals surface area contributed by atoms with Crippen LogP contribution in [0.15, 0.2) is 0 Å². The van der Waals surface area contributed by atoms with E-state index >= 15 is 0 Å². The lowest BCUT2D eigenvalue weighted by Gasteiger charge is -2.35. The first-order chi connectivity index (χ1) is 6.42. The Kier molecular flexibility index (Phi) is 3.47. The van der Waals surface area contributed by atoms with Gasteiger partial charge in [-0.15, -0.1) is 0 Å². The third-order valence-electron chi connectivity index (χ3n) is 2.45. The van der Waals surface area contributed by atoms with Crippen LogP contribution in [0.5, 0.6) is 0 Å². The number of carboxylic acid groups (broad SMARTS) is 1. The molecule has 0 amide bonds. The first-order valence-corrected chi connectivity index (χ1v) is 4.83. The lowest BCUT2D eigenvalue weighted by atomic mass is 10.1. The van der Waals surface area contributed by atoms with E-state index in [1.807, 2.05) is 11.8 Å². The highest BCUT2D eigenvalue weighted by Crippen LogP contribution is 2.08. The van der Waals surface area contributed by atoms with Gasteiger partial charge in [0.15, 0.2) is 5.60 Å². The fraction of sp³-hybridized carbons (Fsp3) is 0.889. The number of piperazine rings is 1. The maximum atomic E-state index is 10.7. The Morgan fingerprint density at radius 3 is 2.86 bits per heavy atom. The van der Waals surface area contributed by atoms with Gasteiger partial charge in [-0.2, -0.15) is 0 Å². The van der Waals surface area contributed by atoms with Crippen LogP contribution in [0.4, 0.5) is 0 Å². The van der Waals surface area contributed by atoms with E-state index in [4.69, 9.17) is 5.11 Å². The zero-order valence-corrected chi connectivity index (χ0v) is 8.66. The van der Waals surface area contributed by atoms with E-state index < -0.39 is 11.6 Å². The number of aliphatic carboxylic acids is 1. The fourth-order valence-corrected chi connectivity index (χ4v) is 1.66. The van der Waals surface area contributed by atoms with Gasteiger partial charge in [0, 0.05) is 32.2 Å². The second-order valence-electron chi connectivity index (χ2n) is 4.17. The van der Waals surface area contributed by atoms with Crippen molar-refractivity contribution in [2.45, 2.75) is 25.5 Å². The molecule has 1 saturated heterocycles. The van der Waals surface area contributed by atoms with E-state index in [1.54, 1.807) is 0 Å². The number of nitrogens with zero attached hydrogens (tertiary/aromatic N) is 1. The van der Waals surface area contributed by atoms with Crippen molar-refractivity contribution in [3.63, 3.8) is 0 Å². The number of rotatable bonds is 3. The number of hydrogen-bond acceptors (Lipinski definition) is 4. The van der Waals surface area contributed by atoms with Gasteiger partial charge in [0.1, 0.15) is 0 Å². The molecule has 1 aliphatic rings. The number of hydrogen-bond donors (Lipinski definition) is 3. The van der Waals surface area contributed by atoms with Crippen LogP contribution in [0, 0.1) is 0 Å². The molecule has 82 valence electrons. The summed E-state index contributed by atoms with van der Waals surface area (Å²) in [5, 5.41) is 21.6. The van der Waals surface area contributed by atoms with Crippen molar-refractivity contribution in [1.82, 2.24) is 10.2 Å². The highest BCUT2D eigenvalue weighted by atomic mass is 16.4. The Bertz CT molecular complexity index is 218. The molecule has 0 bridgehead atoms. The fourth-order valence-electron chi connectivity index (χ4n) is 1.66. The predicted octanol–water partition coefficient (Wildman–Crippen LogP) is -0.884. The summed E-state index contributed by atoms with van der Waals surface area (Å²) in [6, 6.07) is 0.355. The number of β-amino-alcohol motifs (C(OH)–C–C–N with tert-alkyl or cyclic N) is 1. The molecule has 2 atom stereocenters. The topological polar surface area (TPSA) is 72.8 Å². The molecule has 5 heteroatoms. The van der Waals surface area contributed by atoms with Gasteiger partial charge in [-0.05, 0) is 13.8 Å². The summed E-state index contributed by atoms with van der Waals surface area (Å²) in [6.07, 6.45) is 0. The average molecular weight is 202 g/mol. The number of carboxylic acids is 1. The molecule has 0 aliphatic carbocycles. The van der Waals surface area contributed by atoms with Gasteiger partial charge in [-0.1, -0.05) is 0 Å². The Hall–Kier alpha value is -0.650. The average Bonchev–Trinajstić information content (AvgIpc) is 2.02. The number of aliphatic hydroxyl groups is 1. The molecular formula is C9H18N2O3. The second-order valence-corrected chi connectivity index (χ2v) is 4.17. The third-order valence-corrected chi connectivity index (χ3v) is 2.45. The molecule has 0 aromatic heterocycles. The van der Waals surface area contributed by atoms with Crippen LogP contribution in [-0.4, -0.2) is 58.9 Å². The molecule has 1 fully saturated rings. The summed E-state index contributed by atoms with van der Waals surface area (Å²) >= 11 is 0. The summed E-state index contributed by atoms with van der Waals surface area (Å²) < 4.78 is 0. The van der Waals surface area contributed by atoms with Crippen LogP contribution < -0.4 is 5.32 Å². The van der Waals surface area contributed by atoms with Crippen molar-refractivity contribution in [1.29, 1.82) is 0 Å².